The van der Waals surface area contributed by atoms with Crippen LogP contribution < -0.4 is 19.3 Å². The van der Waals surface area contributed by atoms with E-state index in [2.05, 4.69) is 0 Å². The number of ether oxygens (including phenoxy) is 6. The lowest BCUT2D eigenvalue weighted by Gasteiger charge is -2.27. The van der Waals surface area contributed by atoms with Gasteiger partial charge in [0.1, 0.15) is 34.1 Å². The fourth-order valence-electron chi connectivity index (χ4n) is 5.79. The smallest absolute Gasteiger partial charge is 0.420 e. The first-order chi connectivity index (χ1) is 23.6. The molecule has 0 N–H and O–H groups in total. The zero-order valence-corrected chi connectivity index (χ0v) is 27.8. The molecular weight excluding hydrogens is 670 g/mol. The molecule has 3 aromatic carbocycles. The number of alkyl halides is 6. The standard InChI is InChI=1S/C36H38F6N2O6/c1-34(2,3)28-12-23(49-32-7-4-21(10-29(32)35(37,38)39)43(13-24-17-45-24)14-25-18-46-25)6-9-31(28)50-33-8-5-22(11-30(33)36(40,41)42)44(15-26-19-47-26)16-27-20-48-27/h4-12,24-27H,13-20H2,1-3H3. The van der Waals surface area contributed by atoms with E-state index in [0.717, 1.165) is 12.1 Å². The van der Waals surface area contributed by atoms with Crippen molar-refractivity contribution in [3.63, 3.8) is 0 Å². The first-order valence-corrected chi connectivity index (χ1v) is 16.5. The van der Waals surface area contributed by atoms with E-state index in [-0.39, 0.29) is 35.9 Å². The predicted molar refractivity (Wildman–Crippen MR) is 172 cm³/mol. The van der Waals surface area contributed by atoms with E-state index in [9.17, 15) is 26.3 Å². The van der Waals surface area contributed by atoms with Gasteiger partial charge >= 0.3 is 12.4 Å². The summed E-state index contributed by atoms with van der Waals surface area (Å²) in [4.78, 5) is 3.64. The number of epoxide rings is 4. The third-order valence-corrected chi connectivity index (χ3v) is 8.78. The van der Waals surface area contributed by atoms with Crippen molar-refractivity contribution in [2.75, 3.05) is 62.4 Å². The van der Waals surface area contributed by atoms with Gasteiger partial charge in [0.05, 0.1) is 50.8 Å². The van der Waals surface area contributed by atoms with Crippen molar-refractivity contribution >= 4 is 11.4 Å². The van der Waals surface area contributed by atoms with E-state index < -0.39 is 40.4 Å². The van der Waals surface area contributed by atoms with Crippen LogP contribution in [0.15, 0.2) is 54.6 Å². The van der Waals surface area contributed by atoms with Crippen molar-refractivity contribution in [1.29, 1.82) is 0 Å². The Morgan fingerprint density at radius 3 is 1.26 bits per heavy atom. The molecule has 0 aromatic heterocycles. The molecule has 0 saturated carbocycles. The van der Waals surface area contributed by atoms with Crippen molar-refractivity contribution < 1.29 is 54.8 Å². The molecule has 50 heavy (non-hydrogen) atoms. The maximum atomic E-state index is 14.5. The van der Waals surface area contributed by atoms with Crippen LogP contribution in [-0.4, -0.2) is 77.0 Å². The van der Waals surface area contributed by atoms with Gasteiger partial charge in [-0.25, -0.2) is 0 Å². The van der Waals surface area contributed by atoms with Crippen LogP contribution in [0.25, 0.3) is 0 Å². The maximum Gasteiger partial charge on any atom is 0.420 e. The van der Waals surface area contributed by atoms with Crippen LogP contribution in [0.1, 0.15) is 37.5 Å². The minimum absolute atomic E-state index is 0.0414. The van der Waals surface area contributed by atoms with Gasteiger partial charge in [0.25, 0.3) is 0 Å². The van der Waals surface area contributed by atoms with Crippen molar-refractivity contribution in [3.05, 3.63) is 71.3 Å². The summed E-state index contributed by atoms with van der Waals surface area (Å²) in [6.07, 6.45) is -9.63. The molecule has 0 spiro atoms. The molecule has 4 atom stereocenters. The monoisotopic (exact) mass is 708 g/mol. The topological polar surface area (TPSA) is 75.1 Å². The number of hydrogen-bond acceptors (Lipinski definition) is 8. The van der Waals surface area contributed by atoms with Gasteiger partial charge in [-0.15, -0.1) is 0 Å². The zero-order valence-electron chi connectivity index (χ0n) is 27.8. The normalized spacial score (nSPS) is 22.6. The van der Waals surface area contributed by atoms with Crippen LogP contribution in [0.5, 0.6) is 23.0 Å². The molecule has 4 heterocycles. The van der Waals surface area contributed by atoms with Gasteiger partial charge in [-0.1, -0.05) is 20.8 Å². The third-order valence-electron chi connectivity index (χ3n) is 8.78. The van der Waals surface area contributed by atoms with Gasteiger partial charge < -0.3 is 38.2 Å². The van der Waals surface area contributed by atoms with E-state index >= 15 is 0 Å². The molecule has 7 rings (SSSR count). The minimum atomic E-state index is -4.73. The van der Waals surface area contributed by atoms with Crippen LogP contribution in [-0.2, 0) is 36.7 Å². The predicted octanol–water partition coefficient (Wildman–Crippen LogP) is 7.81. The molecule has 0 amide bonds. The third kappa shape index (κ3) is 8.76. The van der Waals surface area contributed by atoms with Crippen LogP contribution >= 0.6 is 0 Å². The van der Waals surface area contributed by atoms with Gasteiger partial charge in [0.15, 0.2) is 0 Å². The van der Waals surface area contributed by atoms with Crippen molar-refractivity contribution in [2.24, 2.45) is 0 Å². The second-order valence-electron chi connectivity index (χ2n) is 14.1. The summed E-state index contributed by atoms with van der Waals surface area (Å²) >= 11 is 0. The number of anilines is 2. The summed E-state index contributed by atoms with van der Waals surface area (Å²) in [5.74, 6) is -0.628. The fraction of sp³-hybridized carbons (Fsp3) is 0.500. The van der Waals surface area contributed by atoms with Gasteiger partial charge in [-0.05, 0) is 60.0 Å². The molecule has 14 heteroatoms. The van der Waals surface area contributed by atoms with Gasteiger partial charge in [0.2, 0.25) is 0 Å². The lowest BCUT2D eigenvalue weighted by atomic mass is 9.86. The molecule has 270 valence electrons. The molecule has 4 aliphatic rings. The molecular formula is C36H38F6N2O6. The fourth-order valence-corrected chi connectivity index (χ4v) is 5.79. The number of rotatable bonds is 14. The average molecular weight is 709 g/mol. The maximum absolute atomic E-state index is 14.5. The summed E-state index contributed by atoms with van der Waals surface area (Å²) in [6, 6.07) is 12.1. The van der Waals surface area contributed by atoms with Crippen molar-refractivity contribution in [1.82, 2.24) is 0 Å². The number of halogens is 6. The SMILES string of the molecule is CC(C)(C)c1cc(Oc2ccc(N(CC3CO3)CC3CO3)cc2C(F)(F)F)ccc1Oc1ccc(N(CC2CO2)CC2CO2)cc1C(F)(F)F. The van der Waals surface area contributed by atoms with Crippen LogP contribution in [0.3, 0.4) is 0 Å². The number of nitrogens with zero attached hydrogens (tertiary/aromatic N) is 2. The second-order valence-corrected chi connectivity index (χ2v) is 14.1. The van der Waals surface area contributed by atoms with Crippen LogP contribution in [0.2, 0.25) is 0 Å². The highest BCUT2D eigenvalue weighted by Gasteiger charge is 2.39. The second kappa shape index (κ2) is 13.1. The van der Waals surface area contributed by atoms with E-state index in [1.807, 2.05) is 30.6 Å². The average Bonchev–Trinajstić information content (AvgIpc) is 3.81. The Balaban J connectivity index is 1.16. The van der Waals surface area contributed by atoms with Crippen molar-refractivity contribution in [3.8, 4) is 23.0 Å². The zero-order chi connectivity index (χ0) is 35.4. The molecule has 0 radical (unpaired) electrons. The molecule has 4 unspecified atom stereocenters. The summed E-state index contributed by atoms with van der Waals surface area (Å²) in [5.41, 5.74) is -1.44. The number of benzene rings is 3. The Hall–Kier alpha value is -3.72. The molecule has 8 nitrogen and oxygen atoms in total. The summed E-state index contributed by atoms with van der Waals surface area (Å²) in [7, 11) is 0. The Morgan fingerprint density at radius 1 is 0.540 bits per heavy atom. The molecule has 4 aliphatic heterocycles. The molecule has 3 aromatic rings. The van der Waals surface area contributed by atoms with Crippen LogP contribution in [0.4, 0.5) is 37.7 Å². The molecule has 4 saturated heterocycles. The Kier molecular flexibility index (Phi) is 9.11. The minimum Gasteiger partial charge on any atom is -0.457 e. The quantitative estimate of drug-likeness (QED) is 0.124. The van der Waals surface area contributed by atoms with Crippen LogP contribution in [0, 0.1) is 0 Å². The van der Waals surface area contributed by atoms with E-state index in [1.54, 1.807) is 12.1 Å². The largest absolute Gasteiger partial charge is 0.457 e. The lowest BCUT2D eigenvalue weighted by molar-refractivity contribution is -0.139. The Morgan fingerprint density at radius 2 is 0.900 bits per heavy atom. The Labute approximate surface area is 285 Å². The van der Waals surface area contributed by atoms with E-state index in [4.69, 9.17) is 28.4 Å². The van der Waals surface area contributed by atoms with Gasteiger partial charge in [-0.2, -0.15) is 26.3 Å². The molecule has 0 bridgehead atoms. The first-order valence-electron chi connectivity index (χ1n) is 16.5. The van der Waals surface area contributed by atoms with Gasteiger partial charge in [0, 0.05) is 43.1 Å². The molecule has 0 aliphatic carbocycles. The Bertz CT molecular complexity index is 1670. The van der Waals surface area contributed by atoms with Gasteiger partial charge in [-0.3, -0.25) is 0 Å². The number of hydrogen-bond donors (Lipinski definition) is 0. The van der Waals surface area contributed by atoms with Crippen molar-refractivity contribution in [2.45, 2.75) is 63.0 Å². The summed E-state index contributed by atoms with van der Waals surface area (Å²) < 4.78 is 120. The summed E-state index contributed by atoms with van der Waals surface area (Å²) in [5, 5.41) is 0. The highest BCUT2D eigenvalue weighted by molar-refractivity contribution is 5.58. The highest BCUT2D eigenvalue weighted by Crippen LogP contribution is 2.45. The first kappa shape index (κ1) is 34.7. The lowest BCUT2D eigenvalue weighted by Crippen LogP contribution is -2.31. The van der Waals surface area contributed by atoms with E-state index in [0.29, 0.717) is 69.5 Å². The van der Waals surface area contributed by atoms with E-state index in [1.165, 1.54) is 30.3 Å². The summed E-state index contributed by atoms with van der Waals surface area (Å²) in [6.45, 7) is 9.44. The highest BCUT2D eigenvalue weighted by atomic mass is 19.4. The molecule has 4 fully saturated rings.